The van der Waals surface area contributed by atoms with E-state index in [4.69, 9.17) is 0 Å². The van der Waals surface area contributed by atoms with E-state index >= 15 is 0 Å². The third kappa shape index (κ3) is 2.02. The number of halogens is 1. The van der Waals surface area contributed by atoms with E-state index in [0.717, 1.165) is 22.2 Å². The fourth-order valence-corrected chi connectivity index (χ4v) is 2.95. The molecule has 0 saturated carbocycles. The summed E-state index contributed by atoms with van der Waals surface area (Å²) in [6.07, 6.45) is 5.87. The number of aromatic nitrogens is 5. The van der Waals surface area contributed by atoms with Gasteiger partial charge in [0.05, 0.1) is 5.56 Å². The smallest absolute Gasteiger partial charge is 0.185 e. The van der Waals surface area contributed by atoms with Gasteiger partial charge in [0.25, 0.3) is 0 Å². The third-order valence-corrected chi connectivity index (χ3v) is 3.88. The van der Waals surface area contributed by atoms with Crippen molar-refractivity contribution in [3.8, 4) is 11.4 Å². The lowest BCUT2D eigenvalue weighted by molar-refractivity contribution is 0.902. The number of pyridine rings is 1. The first-order valence-electron chi connectivity index (χ1n) is 6.01. The van der Waals surface area contributed by atoms with Gasteiger partial charge in [0.15, 0.2) is 11.5 Å². The second-order valence-electron chi connectivity index (χ2n) is 4.28. The van der Waals surface area contributed by atoms with E-state index in [1.54, 1.807) is 12.4 Å². The highest BCUT2D eigenvalue weighted by Gasteiger charge is 2.13. The maximum atomic E-state index is 4.52. The summed E-state index contributed by atoms with van der Waals surface area (Å²) in [6.45, 7) is 4.21. The molecule has 0 spiro atoms. The zero-order valence-corrected chi connectivity index (χ0v) is 12.2. The van der Waals surface area contributed by atoms with Crippen LogP contribution in [0.3, 0.4) is 0 Å². The number of hydrogen-bond acceptors (Lipinski definition) is 4. The SMILES string of the molecule is CCc1c(C)cc2nc(-c3cncnc3)nn2c1Br. The van der Waals surface area contributed by atoms with Gasteiger partial charge in [-0.05, 0) is 46.5 Å². The molecule has 3 heterocycles. The number of aryl methyl sites for hydroxylation is 1. The Labute approximate surface area is 118 Å². The molecule has 5 nitrogen and oxygen atoms in total. The van der Waals surface area contributed by atoms with Crippen LogP contribution in [-0.2, 0) is 6.42 Å². The van der Waals surface area contributed by atoms with Crippen LogP contribution in [0.25, 0.3) is 17.0 Å². The molecule has 0 atom stereocenters. The van der Waals surface area contributed by atoms with Crippen molar-refractivity contribution in [2.45, 2.75) is 20.3 Å². The van der Waals surface area contributed by atoms with E-state index in [1.807, 2.05) is 10.6 Å². The summed E-state index contributed by atoms with van der Waals surface area (Å²) in [5.74, 6) is 0.633. The summed E-state index contributed by atoms with van der Waals surface area (Å²) in [7, 11) is 0. The Bertz CT molecular complexity index is 736. The van der Waals surface area contributed by atoms with Crippen LogP contribution in [0, 0.1) is 6.92 Å². The molecule has 19 heavy (non-hydrogen) atoms. The molecule has 0 aliphatic carbocycles. The van der Waals surface area contributed by atoms with Crippen molar-refractivity contribution >= 4 is 21.6 Å². The minimum absolute atomic E-state index is 0.633. The fraction of sp³-hybridized carbons (Fsp3) is 0.231. The molecule has 0 bridgehead atoms. The molecule has 0 saturated heterocycles. The van der Waals surface area contributed by atoms with E-state index in [0.29, 0.717) is 5.82 Å². The van der Waals surface area contributed by atoms with Crippen LogP contribution in [0.5, 0.6) is 0 Å². The summed E-state index contributed by atoms with van der Waals surface area (Å²) in [5, 5.41) is 4.51. The Morgan fingerprint density at radius 1 is 1.26 bits per heavy atom. The zero-order chi connectivity index (χ0) is 13.4. The number of hydrogen-bond donors (Lipinski definition) is 0. The highest BCUT2D eigenvalue weighted by Crippen LogP contribution is 2.24. The quantitative estimate of drug-likeness (QED) is 0.682. The Hall–Kier alpha value is -1.82. The van der Waals surface area contributed by atoms with Crippen LogP contribution in [0.15, 0.2) is 29.4 Å². The van der Waals surface area contributed by atoms with Crippen LogP contribution < -0.4 is 0 Å². The van der Waals surface area contributed by atoms with Gasteiger partial charge in [-0.3, -0.25) is 0 Å². The van der Waals surface area contributed by atoms with Gasteiger partial charge in [-0.2, -0.15) is 0 Å². The van der Waals surface area contributed by atoms with Gasteiger partial charge in [0.2, 0.25) is 0 Å². The minimum atomic E-state index is 0.633. The second-order valence-corrected chi connectivity index (χ2v) is 5.03. The first kappa shape index (κ1) is 12.2. The molecular weight excluding hydrogens is 306 g/mol. The minimum Gasteiger partial charge on any atom is -0.244 e. The van der Waals surface area contributed by atoms with Crippen LogP contribution in [0.4, 0.5) is 0 Å². The van der Waals surface area contributed by atoms with Gasteiger partial charge in [-0.1, -0.05) is 6.92 Å². The highest BCUT2D eigenvalue weighted by molar-refractivity contribution is 9.10. The fourth-order valence-electron chi connectivity index (χ4n) is 2.09. The number of rotatable bonds is 2. The van der Waals surface area contributed by atoms with E-state index < -0.39 is 0 Å². The Morgan fingerprint density at radius 2 is 2.00 bits per heavy atom. The Morgan fingerprint density at radius 3 is 2.68 bits per heavy atom. The van der Waals surface area contributed by atoms with Crippen LogP contribution in [0.1, 0.15) is 18.1 Å². The molecular formula is C13H12BrN5. The normalized spacial score (nSPS) is 11.1. The Balaban J connectivity index is 2.24. The van der Waals surface area contributed by atoms with Crippen molar-refractivity contribution in [3.05, 3.63) is 40.5 Å². The largest absolute Gasteiger partial charge is 0.244 e. The number of fused-ring (bicyclic) bond motifs is 1. The van der Waals surface area contributed by atoms with Crippen LogP contribution in [0.2, 0.25) is 0 Å². The molecule has 0 aliphatic heterocycles. The molecule has 0 radical (unpaired) electrons. The van der Waals surface area contributed by atoms with Crippen LogP contribution in [-0.4, -0.2) is 24.6 Å². The van der Waals surface area contributed by atoms with Gasteiger partial charge in [0.1, 0.15) is 10.9 Å². The van der Waals surface area contributed by atoms with Gasteiger partial charge in [-0.15, -0.1) is 5.10 Å². The van der Waals surface area contributed by atoms with Gasteiger partial charge < -0.3 is 0 Å². The van der Waals surface area contributed by atoms with Gasteiger partial charge in [-0.25, -0.2) is 19.5 Å². The van der Waals surface area contributed by atoms with Crippen molar-refractivity contribution in [3.63, 3.8) is 0 Å². The van der Waals surface area contributed by atoms with E-state index in [-0.39, 0.29) is 0 Å². The summed E-state index contributed by atoms with van der Waals surface area (Å²) in [6, 6.07) is 2.05. The van der Waals surface area contributed by atoms with Crippen molar-refractivity contribution in [1.29, 1.82) is 0 Å². The molecule has 96 valence electrons. The first-order chi connectivity index (χ1) is 9.20. The average Bonchev–Trinajstić information content (AvgIpc) is 2.84. The molecule has 0 fully saturated rings. The standard InChI is InChI=1S/C13H12BrN5/c1-3-10-8(2)4-11-17-13(18-19(11)12(10)14)9-5-15-7-16-6-9/h4-7H,3H2,1-2H3. The Kier molecular flexibility index (Phi) is 3.02. The molecule has 3 aromatic heterocycles. The molecule has 3 aromatic rings. The summed E-state index contributed by atoms with van der Waals surface area (Å²) in [4.78, 5) is 12.5. The summed E-state index contributed by atoms with van der Waals surface area (Å²) in [5.41, 5.74) is 4.09. The first-order valence-corrected chi connectivity index (χ1v) is 6.80. The predicted molar refractivity (Wildman–Crippen MR) is 75.8 cm³/mol. The van der Waals surface area contributed by atoms with Crippen molar-refractivity contribution < 1.29 is 0 Å². The molecule has 0 aliphatic rings. The second kappa shape index (κ2) is 4.70. The topological polar surface area (TPSA) is 56.0 Å². The van der Waals surface area contributed by atoms with Crippen LogP contribution >= 0.6 is 15.9 Å². The maximum Gasteiger partial charge on any atom is 0.185 e. The van der Waals surface area contributed by atoms with Crippen molar-refractivity contribution in [2.24, 2.45) is 0 Å². The lowest BCUT2D eigenvalue weighted by atomic mass is 10.1. The average molecular weight is 318 g/mol. The van der Waals surface area contributed by atoms with E-state index in [9.17, 15) is 0 Å². The summed E-state index contributed by atoms with van der Waals surface area (Å²) < 4.78 is 2.77. The predicted octanol–water partition coefficient (Wildman–Crippen LogP) is 2.82. The summed E-state index contributed by atoms with van der Waals surface area (Å²) >= 11 is 3.61. The monoisotopic (exact) mass is 317 g/mol. The molecule has 0 N–H and O–H groups in total. The van der Waals surface area contributed by atoms with Crippen molar-refractivity contribution in [2.75, 3.05) is 0 Å². The molecule has 0 unspecified atom stereocenters. The van der Waals surface area contributed by atoms with Crippen molar-refractivity contribution in [1.82, 2.24) is 24.6 Å². The lowest BCUT2D eigenvalue weighted by Crippen LogP contribution is -1.98. The van der Waals surface area contributed by atoms with Gasteiger partial charge in [0, 0.05) is 12.4 Å². The highest BCUT2D eigenvalue weighted by atomic mass is 79.9. The molecule has 0 aromatic carbocycles. The third-order valence-electron chi connectivity index (χ3n) is 3.06. The zero-order valence-electron chi connectivity index (χ0n) is 10.6. The lowest BCUT2D eigenvalue weighted by Gasteiger charge is -2.06. The number of nitrogens with zero attached hydrogens (tertiary/aromatic N) is 5. The molecule has 3 rings (SSSR count). The molecule has 0 amide bonds. The van der Waals surface area contributed by atoms with E-state index in [2.05, 4.69) is 49.8 Å². The van der Waals surface area contributed by atoms with Gasteiger partial charge >= 0.3 is 0 Å². The van der Waals surface area contributed by atoms with E-state index in [1.165, 1.54) is 17.5 Å². The maximum absolute atomic E-state index is 4.52. The molecule has 6 heteroatoms.